The molecule has 5 nitrogen and oxygen atoms in total. The van der Waals surface area contributed by atoms with Crippen molar-refractivity contribution in [2.75, 3.05) is 11.4 Å². The molecule has 0 saturated heterocycles. The highest BCUT2D eigenvalue weighted by molar-refractivity contribution is 7.14. The number of hydrogen-bond acceptors (Lipinski definition) is 5. The highest BCUT2D eigenvalue weighted by Gasteiger charge is 2.22. The SMILES string of the molecule is Cc1ccc(OCc2ccccc2)c(-c2csc(N(CC3CCCCC3)c3cccc(C(=O)O)c3)n2)c1. The van der Waals surface area contributed by atoms with Crippen LogP contribution in [0.15, 0.2) is 78.2 Å². The van der Waals surface area contributed by atoms with Crippen LogP contribution in [0.1, 0.15) is 53.6 Å². The molecule has 0 bridgehead atoms. The summed E-state index contributed by atoms with van der Waals surface area (Å²) in [7, 11) is 0. The number of aromatic nitrogens is 1. The summed E-state index contributed by atoms with van der Waals surface area (Å²) in [5.74, 6) is 0.454. The van der Waals surface area contributed by atoms with Crippen molar-refractivity contribution in [2.24, 2.45) is 5.92 Å². The molecule has 6 heteroatoms. The fraction of sp³-hybridized carbons (Fsp3) is 0.290. The minimum Gasteiger partial charge on any atom is -0.488 e. The number of nitrogens with zero attached hydrogens (tertiary/aromatic N) is 2. The zero-order chi connectivity index (χ0) is 25.6. The molecule has 190 valence electrons. The van der Waals surface area contributed by atoms with Gasteiger partial charge in [-0.15, -0.1) is 11.3 Å². The van der Waals surface area contributed by atoms with E-state index in [9.17, 15) is 9.90 Å². The first kappa shape index (κ1) is 25.0. The molecule has 1 fully saturated rings. The van der Waals surface area contributed by atoms with Gasteiger partial charge in [0, 0.05) is 23.2 Å². The van der Waals surface area contributed by atoms with Gasteiger partial charge in [0.1, 0.15) is 12.4 Å². The van der Waals surface area contributed by atoms with Crippen LogP contribution in [0.3, 0.4) is 0 Å². The van der Waals surface area contributed by atoms with E-state index in [4.69, 9.17) is 9.72 Å². The molecule has 37 heavy (non-hydrogen) atoms. The van der Waals surface area contributed by atoms with Gasteiger partial charge in [0.15, 0.2) is 5.13 Å². The molecule has 1 aliphatic carbocycles. The molecule has 1 heterocycles. The molecular formula is C31H32N2O3S. The maximum absolute atomic E-state index is 11.7. The Bertz CT molecular complexity index is 1350. The van der Waals surface area contributed by atoms with Crippen molar-refractivity contribution in [2.45, 2.75) is 45.6 Å². The molecule has 3 aromatic carbocycles. The summed E-state index contributed by atoms with van der Waals surface area (Å²) >= 11 is 1.59. The van der Waals surface area contributed by atoms with Crippen LogP contribution >= 0.6 is 11.3 Å². The second-order valence-corrected chi connectivity index (χ2v) is 10.6. The lowest BCUT2D eigenvalue weighted by Crippen LogP contribution is -2.26. The molecular weight excluding hydrogens is 480 g/mol. The Morgan fingerprint density at radius 1 is 1.03 bits per heavy atom. The first-order chi connectivity index (χ1) is 18.1. The lowest BCUT2D eigenvalue weighted by atomic mass is 9.89. The molecule has 0 amide bonds. The van der Waals surface area contributed by atoms with Crippen molar-refractivity contribution in [3.05, 3.63) is 94.9 Å². The summed E-state index contributed by atoms with van der Waals surface area (Å²) in [5.41, 5.74) is 5.26. The van der Waals surface area contributed by atoms with E-state index in [2.05, 4.69) is 41.5 Å². The maximum Gasteiger partial charge on any atom is 0.335 e. The second-order valence-electron chi connectivity index (χ2n) is 9.76. The Morgan fingerprint density at radius 3 is 2.62 bits per heavy atom. The van der Waals surface area contributed by atoms with Crippen molar-refractivity contribution in [3.8, 4) is 17.0 Å². The van der Waals surface area contributed by atoms with Crippen LogP contribution in [-0.2, 0) is 6.61 Å². The van der Waals surface area contributed by atoms with Crippen LogP contribution in [0.5, 0.6) is 5.75 Å². The molecule has 1 aliphatic rings. The first-order valence-corrected chi connectivity index (χ1v) is 13.8. The number of carboxylic acid groups (broad SMARTS) is 1. The third-order valence-corrected chi connectivity index (χ3v) is 7.81. The largest absolute Gasteiger partial charge is 0.488 e. The van der Waals surface area contributed by atoms with Crippen molar-refractivity contribution in [3.63, 3.8) is 0 Å². The van der Waals surface area contributed by atoms with Gasteiger partial charge in [-0.25, -0.2) is 9.78 Å². The smallest absolute Gasteiger partial charge is 0.335 e. The van der Waals surface area contributed by atoms with Gasteiger partial charge in [0.25, 0.3) is 0 Å². The zero-order valence-corrected chi connectivity index (χ0v) is 21.9. The third kappa shape index (κ3) is 6.20. The lowest BCUT2D eigenvalue weighted by Gasteiger charge is -2.29. The number of rotatable bonds is 9. The zero-order valence-electron chi connectivity index (χ0n) is 21.1. The molecule has 0 aliphatic heterocycles. The monoisotopic (exact) mass is 512 g/mol. The average molecular weight is 513 g/mol. The fourth-order valence-corrected chi connectivity index (χ4v) is 5.80. The van der Waals surface area contributed by atoms with Gasteiger partial charge >= 0.3 is 5.97 Å². The standard InChI is InChI=1S/C31H32N2O3S/c1-22-15-16-29(36-20-24-11-6-3-7-12-24)27(17-22)28-21-37-31(32-28)33(19-23-9-4-2-5-10-23)26-14-8-13-25(18-26)30(34)35/h3,6-8,11-18,21,23H,2,4-5,9-10,19-20H2,1H3,(H,34,35). The highest BCUT2D eigenvalue weighted by Crippen LogP contribution is 2.38. The van der Waals surface area contributed by atoms with Crippen LogP contribution in [0.4, 0.5) is 10.8 Å². The Balaban J connectivity index is 1.46. The Labute approximate surface area is 222 Å². The molecule has 0 spiro atoms. The van der Waals surface area contributed by atoms with Gasteiger partial charge < -0.3 is 14.7 Å². The topological polar surface area (TPSA) is 62.7 Å². The summed E-state index contributed by atoms with van der Waals surface area (Å²) in [6.45, 7) is 3.40. The van der Waals surface area contributed by atoms with Crippen LogP contribution in [0.25, 0.3) is 11.3 Å². The van der Waals surface area contributed by atoms with E-state index in [0.29, 0.717) is 18.1 Å². The Hall–Kier alpha value is -3.64. The first-order valence-electron chi connectivity index (χ1n) is 12.9. The van der Waals surface area contributed by atoms with Gasteiger partial charge in [-0.3, -0.25) is 0 Å². The predicted octanol–water partition coefficient (Wildman–Crippen LogP) is 8.11. The number of aromatic carboxylic acids is 1. The number of anilines is 2. The van der Waals surface area contributed by atoms with Crippen LogP contribution in [-0.4, -0.2) is 22.6 Å². The fourth-order valence-electron chi connectivity index (χ4n) is 4.95. The summed E-state index contributed by atoms with van der Waals surface area (Å²) in [6, 6.07) is 23.5. The van der Waals surface area contributed by atoms with E-state index in [0.717, 1.165) is 45.5 Å². The van der Waals surface area contributed by atoms with Gasteiger partial charge in [-0.05, 0) is 61.6 Å². The summed E-state index contributed by atoms with van der Waals surface area (Å²) in [4.78, 5) is 19.0. The van der Waals surface area contributed by atoms with Crippen LogP contribution in [0, 0.1) is 12.8 Å². The summed E-state index contributed by atoms with van der Waals surface area (Å²) in [5, 5.41) is 12.5. The van der Waals surface area contributed by atoms with Gasteiger partial charge in [-0.2, -0.15) is 0 Å². The van der Waals surface area contributed by atoms with Crippen LogP contribution in [0.2, 0.25) is 0 Å². The molecule has 5 rings (SSSR count). The molecule has 0 unspecified atom stereocenters. The normalized spacial score (nSPS) is 13.9. The molecule has 0 radical (unpaired) electrons. The summed E-state index contributed by atoms with van der Waals surface area (Å²) < 4.78 is 6.24. The maximum atomic E-state index is 11.7. The lowest BCUT2D eigenvalue weighted by molar-refractivity contribution is 0.0697. The number of aryl methyl sites for hydroxylation is 1. The van der Waals surface area contributed by atoms with Crippen molar-refractivity contribution >= 4 is 28.1 Å². The Kier molecular flexibility index (Phi) is 7.85. The number of hydrogen-bond donors (Lipinski definition) is 1. The van der Waals surface area contributed by atoms with E-state index in [-0.39, 0.29) is 0 Å². The second kappa shape index (κ2) is 11.6. The van der Waals surface area contributed by atoms with Gasteiger partial charge in [0.2, 0.25) is 0 Å². The molecule has 1 saturated carbocycles. The summed E-state index contributed by atoms with van der Waals surface area (Å²) in [6.07, 6.45) is 6.20. The predicted molar refractivity (Wildman–Crippen MR) is 150 cm³/mol. The molecule has 4 aromatic rings. The minimum absolute atomic E-state index is 0.290. The van der Waals surface area contributed by atoms with E-state index in [1.807, 2.05) is 36.4 Å². The van der Waals surface area contributed by atoms with Crippen LogP contribution < -0.4 is 9.64 Å². The van der Waals surface area contributed by atoms with E-state index in [1.165, 1.54) is 32.1 Å². The van der Waals surface area contributed by atoms with E-state index < -0.39 is 5.97 Å². The van der Waals surface area contributed by atoms with Gasteiger partial charge in [-0.1, -0.05) is 67.3 Å². The molecule has 0 atom stereocenters. The number of ether oxygens (including phenoxy) is 1. The van der Waals surface area contributed by atoms with E-state index >= 15 is 0 Å². The highest BCUT2D eigenvalue weighted by atomic mass is 32.1. The van der Waals surface area contributed by atoms with Crippen molar-refractivity contribution in [1.82, 2.24) is 4.98 Å². The average Bonchev–Trinajstić information content (AvgIpc) is 3.42. The quantitative estimate of drug-likeness (QED) is 0.245. The number of carboxylic acids is 1. The Morgan fingerprint density at radius 2 is 1.84 bits per heavy atom. The van der Waals surface area contributed by atoms with E-state index in [1.54, 1.807) is 23.5 Å². The van der Waals surface area contributed by atoms with Gasteiger partial charge in [0.05, 0.1) is 11.3 Å². The number of benzene rings is 3. The van der Waals surface area contributed by atoms with Crippen molar-refractivity contribution < 1.29 is 14.6 Å². The number of carbonyl (C=O) groups is 1. The van der Waals surface area contributed by atoms with Crippen molar-refractivity contribution in [1.29, 1.82) is 0 Å². The third-order valence-electron chi connectivity index (χ3n) is 6.94. The number of thiazole rings is 1. The minimum atomic E-state index is -0.917. The molecule has 1 N–H and O–H groups in total. The molecule has 1 aromatic heterocycles.